The third-order valence-electron chi connectivity index (χ3n) is 6.71. The number of sulfonamides is 1. The molecule has 1 fully saturated rings. The van der Waals surface area contributed by atoms with E-state index >= 15 is 0 Å². The molecule has 5 rings (SSSR count). The number of nitrogens with zero attached hydrogens (tertiary/aromatic N) is 2. The van der Waals surface area contributed by atoms with Crippen molar-refractivity contribution >= 4 is 15.7 Å². The lowest BCUT2D eigenvalue weighted by Crippen LogP contribution is -2.42. The van der Waals surface area contributed by atoms with Crippen LogP contribution >= 0.6 is 0 Å². The van der Waals surface area contributed by atoms with Crippen molar-refractivity contribution in [2.24, 2.45) is 5.92 Å². The number of hydrogen-bond donors (Lipinski definition) is 0. The number of ether oxygens (including phenoxy) is 1. The highest BCUT2D eigenvalue weighted by Gasteiger charge is 2.44. The first-order valence-electron chi connectivity index (χ1n) is 11.0. The zero-order valence-electron chi connectivity index (χ0n) is 18.4. The summed E-state index contributed by atoms with van der Waals surface area (Å²) in [5.74, 6) is 1.12. The number of para-hydroxylation sites is 1. The molecule has 0 unspecified atom stereocenters. The number of anilines is 1. The van der Waals surface area contributed by atoms with Crippen molar-refractivity contribution in [3.8, 4) is 5.75 Å². The summed E-state index contributed by atoms with van der Waals surface area (Å²) in [5, 5.41) is 0. The van der Waals surface area contributed by atoms with Crippen LogP contribution in [0.15, 0.2) is 77.7 Å². The van der Waals surface area contributed by atoms with Crippen LogP contribution in [0.3, 0.4) is 0 Å². The van der Waals surface area contributed by atoms with Gasteiger partial charge in [-0.3, -0.25) is 9.21 Å². The number of aryl methyl sites for hydroxylation is 1. The van der Waals surface area contributed by atoms with Gasteiger partial charge in [0.2, 0.25) is 0 Å². The predicted molar refractivity (Wildman–Crippen MR) is 126 cm³/mol. The molecule has 3 aromatic rings. The van der Waals surface area contributed by atoms with Gasteiger partial charge < -0.3 is 4.74 Å². The average Bonchev–Trinajstić information content (AvgIpc) is 3.22. The van der Waals surface area contributed by atoms with Crippen molar-refractivity contribution in [1.29, 1.82) is 0 Å². The van der Waals surface area contributed by atoms with Crippen molar-refractivity contribution in [1.82, 2.24) is 4.90 Å². The molecule has 5 nitrogen and oxygen atoms in total. The number of likely N-dealkylation sites (tertiary alicyclic amines) is 1. The molecular weight excluding hydrogens is 420 g/mol. The van der Waals surface area contributed by atoms with Crippen molar-refractivity contribution in [2.45, 2.75) is 30.8 Å². The Morgan fingerprint density at radius 3 is 2.41 bits per heavy atom. The van der Waals surface area contributed by atoms with Crippen LogP contribution in [0.4, 0.5) is 5.69 Å². The zero-order chi connectivity index (χ0) is 22.3. The highest BCUT2D eigenvalue weighted by atomic mass is 32.2. The molecule has 0 amide bonds. The molecule has 2 aliphatic heterocycles. The predicted octanol–water partition coefficient (Wildman–Crippen LogP) is 4.78. The van der Waals surface area contributed by atoms with E-state index in [1.54, 1.807) is 23.5 Å². The minimum atomic E-state index is -3.61. The molecule has 0 spiro atoms. The molecule has 0 radical (unpaired) electrons. The molecule has 32 heavy (non-hydrogen) atoms. The number of methoxy groups -OCH3 is 1. The van der Waals surface area contributed by atoms with Crippen LogP contribution in [-0.4, -0.2) is 33.5 Å². The Labute approximate surface area is 190 Å². The highest BCUT2D eigenvalue weighted by Crippen LogP contribution is 2.47. The minimum Gasteiger partial charge on any atom is -0.497 e. The van der Waals surface area contributed by atoms with E-state index in [9.17, 15) is 8.42 Å². The maximum atomic E-state index is 13.6. The molecule has 0 aromatic heterocycles. The quantitative estimate of drug-likeness (QED) is 0.564. The van der Waals surface area contributed by atoms with E-state index in [0.29, 0.717) is 11.4 Å². The Bertz CT molecular complexity index is 1210. The van der Waals surface area contributed by atoms with Crippen LogP contribution in [0.1, 0.15) is 29.2 Å². The maximum Gasteiger partial charge on any atom is 0.264 e. The van der Waals surface area contributed by atoms with Gasteiger partial charge in [-0.05, 0) is 67.3 Å². The van der Waals surface area contributed by atoms with Crippen LogP contribution in [0.25, 0.3) is 0 Å². The van der Waals surface area contributed by atoms with Gasteiger partial charge in [-0.25, -0.2) is 8.42 Å². The smallest absolute Gasteiger partial charge is 0.264 e. The van der Waals surface area contributed by atoms with Crippen LogP contribution in [0, 0.1) is 12.8 Å². The lowest BCUT2D eigenvalue weighted by atomic mass is 9.89. The van der Waals surface area contributed by atoms with Gasteiger partial charge in [0.25, 0.3) is 10.0 Å². The summed E-state index contributed by atoms with van der Waals surface area (Å²) in [6.07, 6.45) is 0.981. The lowest BCUT2D eigenvalue weighted by Gasteiger charge is -2.40. The summed E-state index contributed by atoms with van der Waals surface area (Å²) < 4.78 is 34.1. The number of rotatable bonds is 5. The Kier molecular flexibility index (Phi) is 5.43. The Balaban J connectivity index is 1.48. The zero-order valence-corrected chi connectivity index (χ0v) is 19.3. The molecule has 2 atom stereocenters. The fourth-order valence-electron chi connectivity index (χ4n) is 5.05. The van der Waals surface area contributed by atoms with Crippen molar-refractivity contribution in [3.05, 3.63) is 89.5 Å². The van der Waals surface area contributed by atoms with Gasteiger partial charge in [0.1, 0.15) is 5.75 Å². The Morgan fingerprint density at radius 2 is 1.69 bits per heavy atom. The summed E-state index contributed by atoms with van der Waals surface area (Å²) in [6, 6.07) is 23.5. The number of hydrogen-bond acceptors (Lipinski definition) is 4. The topological polar surface area (TPSA) is 49.9 Å². The van der Waals surface area contributed by atoms with Crippen LogP contribution in [0.5, 0.6) is 5.75 Å². The fraction of sp³-hybridized carbons (Fsp3) is 0.308. The second kappa shape index (κ2) is 8.26. The number of benzene rings is 3. The minimum absolute atomic E-state index is 0.220. The van der Waals surface area contributed by atoms with Crippen LogP contribution < -0.4 is 9.04 Å². The lowest BCUT2D eigenvalue weighted by molar-refractivity contribution is 0.218. The first kappa shape index (κ1) is 21.0. The first-order valence-corrected chi connectivity index (χ1v) is 12.5. The maximum absolute atomic E-state index is 13.6. The molecule has 0 N–H and O–H groups in total. The largest absolute Gasteiger partial charge is 0.497 e. The fourth-order valence-corrected chi connectivity index (χ4v) is 6.60. The first-order chi connectivity index (χ1) is 15.5. The van der Waals surface area contributed by atoms with E-state index in [-0.39, 0.29) is 12.0 Å². The second-order valence-electron chi connectivity index (χ2n) is 8.72. The highest BCUT2D eigenvalue weighted by molar-refractivity contribution is 7.92. The molecule has 166 valence electrons. The third-order valence-corrected chi connectivity index (χ3v) is 8.50. The summed E-state index contributed by atoms with van der Waals surface area (Å²) in [5.41, 5.74) is 4.19. The summed E-state index contributed by atoms with van der Waals surface area (Å²) >= 11 is 0. The summed E-state index contributed by atoms with van der Waals surface area (Å²) in [7, 11) is -1.94. The second-order valence-corrected chi connectivity index (χ2v) is 10.6. The molecule has 0 aliphatic carbocycles. The van der Waals surface area contributed by atoms with E-state index in [2.05, 4.69) is 23.1 Å². The van der Waals surface area contributed by atoms with E-state index in [1.807, 2.05) is 49.4 Å². The van der Waals surface area contributed by atoms with Gasteiger partial charge >= 0.3 is 0 Å². The Morgan fingerprint density at radius 1 is 0.969 bits per heavy atom. The van der Waals surface area contributed by atoms with E-state index in [0.717, 1.165) is 42.1 Å². The molecule has 2 aliphatic rings. The summed E-state index contributed by atoms with van der Waals surface area (Å²) in [6.45, 7) is 4.27. The van der Waals surface area contributed by atoms with Crippen LogP contribution in [-0.2, 0) is 16.6 Å². The van der Waals surface area contributed by atoms with Gasteiger partial charge in [-0.15, -0.1) is 0 Å². The molecule has 0 saturated carbocycles. The molecule has 0 bridgehead atoms. The van der Waals surface area contributed by atoms with Crippen molar-refractivity contribution in [2.75, 3.05) is 24.5 Å². The van der Waals surface area contributed by atoms with Gasteiger partial charge in [-0.2, -0.15) is 0 Å². The van der Waals surface area contributed by atoms with Gasteiger partial charge in [0.15, 0.2) is 0 Å². The molecule has 1 saturated heterocycles. The van der Waals surface area contributed by atoms with E-state index in [4.69, 9.17) is 4.74 Å². The third kappa shape index (κ3) is 3.67. The monoisotopic (exact) mass is 448 g/mol. The molecule has 6 heteroatoms. The molecule has 2 heterocycles. The SMILES string of the molecule is COc1ccc(CN2CC[C@H]3CN(S(=O)(=O)c4ccc(C)cc4)c4ccccc4[C@H]32)cc1. The van der Waals surface area contributed by atoms with Crippen molar-refractivity contribution in [3.63, 3.8) is 0 Å². The standard InChI is InChI=1S/C26H28N2O3S/c1-19-7-13-23(14-8-19)32(29,30)28-18-21-15-16-27(17-20-9-11-22(31-2)12-10-20)26(21)24-5-3-4-6-25(24)28/h3-14,21,26H,15-18H2,1-2H3/t21-,26-/m0/s1. The van der Waals surface area contributed by atoms with Crippen molar-refractivity contribution < 1.29 is 13.2 Å². The molecule has 3 aromatic carbocycles. The normalized spacial score (nSPS) is 20.6. The number of fused-ring (bicyclic) bond motifs is 3. The van der Waals surface area contributed by atoms with Gasteiger partial charge in [-0.1, -0.05) is 48.0 Å². The van der Waals surface area contributed by atoms with E-state index < -0.39 is 10.0 Å². The van der Waals surface area contributed by atoms with Gasteiger partial charge in [0, 0.05) is 19.1 Å². The van der Waals surface area contributed by atoms with Gasteiger partial charge in [0.05, 0.1) is 17.7 Å². The van der Waals surface area contributed by atoms with E-state index in [1.165, 1.54) is 5.56 Å². The van der Waals surface area contributed by atoms with Crippen LogP contribution in [0.2, 0.25) is 0 Å². The Hall–Kier alpha value is -2.83. The average molecular weight is 449 g/mol. The molecular formula is C26H28N2O3S. The summed E-state index contributed by atoms with van der Waals surface area (Å²) in [4.78, 5) is 2.84.